The first-order valence-corrected chi connectivity index (χ1v) is 43.2. The van der Waals surface area contributed by atoms with Crippen molar-refractivity contribution in [2.45, 2.75) is 194 Å². The summed E-state index contributed by atoms with van der Waals surface area (Å²) in [5.74, 6) is -0.165. The number of nitro groups is 3. The van der Waals surface area contributed by atoms with Crippen LogP contribution in [0.5, 0.6) is 0 Å². The van der Waals surface area contributed by atoms with E-state index in [1.165, 1.54) is 47.7 Å². The third kappa shape index (κ3) is 30.3. The summed E-state index contributed by atoms with van der Waals surface area (Å²) in [7, 11) is 1.28. The van der Waals surface area contributed by atoms with Crippen LogP contribution in [0.15, 0.2) is 162 Å². The van der Waals surface area contributed by atoms with Crippen molar-refractivity contribution >= 4 is 131 Å². The number of anilines is 5. The van der Waals surface area contributed by atoms with Gasteiger partial charge in [0, 0.05) is 66.6 Å². The Labute approximate surface area is 748 Å². The van der Waals surface area contributed by atoms with E-state index < -0.39 is 55.1 Å². The molecule has 3 unspecified atom stereocenters. The molecule has 26 nitrogen and oxygen atoms in total. The Bertz CT molecular complexity index is 5120. The standard InChI is InChI=1S/C21H23FN2O2.C15H18FN3.C13H21BO3.C13H20FN3.C13H13FN2O3.C7H9N.C6H4BrFN2O2.C2H5BrO.C2H2O2/c1-14-11-16(8-7-15-5-3-2-4-6-15)13-17(12-14)18-9-10-19(22)21(20(18)23)24(25)26;1-9-6-10(8-11(17)7-9)12-2-3-13(16)15-14(12)18-4-5-19-15;1-9-6-10(8-11(15)7-9)14-16-12(2,3)13(4,5)17-14;1-7-4-8(6-9(15)5-7)10-2-3-11(14)13(17)12(10)16;1-7-4-8(6-9(17)5-7)10-2-3-11(14)13(12(10)15)16(18)19;8-6-7-4-2-1-3-5-7;7-3-1-2-4(8)6(5(3)9)10(11)12;1-4-2-3;3-1-2-4/h2-6,9-10,13-14,16H,7-8,11-12,23H2,1H3;2-5,9-11H,6-8,17H2,1H3;8-9H,6-7H2,1-5H3;2-3,7-9H,4-6,15-17H2,1H3;2-3,6-7H,4-5,15H2,1H3;1-5H,6,8H2;1-2H,9H2;2H2,1H3;1-2H/t14-,16+;9-,10+,11-;;7-,8?,9-;;;;;/m01.1...../s1. The quantitative estimate of drug-likeness (QED) is 0.00732. The van der Waals surface area contributed by atoms with Crippen LogP contribution in [0.1, 0.15) is 191 Å². The normalized spacial score (nSPS) is 21.3. The minimum absolute atomic E-state index is 0.0415. The summed E-state index contributed by atoms with van der Waals surface area (Å²) in [5.41, 5.74) is 52.9. The lowest BCUT2D eigenvalue weighted by molar-refractivity contribution is -0.386. The molecule has 0 bridgehead atoms. The van der Waals surface area contributed by atoms with Gasteiger partial charge in [-0.25, -0.2) is 13.8 Å². The van der Waals surface area contributed by atoms with Crippen molar-refractivity contribution in [3.8, 4) is 0 Å². The third-order valence-corrected chi connectivity index (χ3v) is 23.6. The SMILES string of the molecule is CC1CC(=O)C=C(B2OC(C)(C)C(C)(C)O2)C1.CC1CC(=O)C=C(c2ccc(F)c([N+](=O)[O-])c2N)C1.COCBr.C[C@@H]1CC(c2ccc(F)c(N)c2N)C[C@H](N)C1.C[C@@H]1CC(c2ccc(F)c([N+](=O)[O-])c2N)=C[C@H](CCc2ccccc2)C1.C[C@H]1C[C@@H](N)C[C@@H](c2ccc(F)c3nccnc23)C1.NCc1ccccc1.Nc1c(Br)ccc(F)c1[N+](=O)[O-].O=CC=O. The van der Waals surface area contributed by atoms with E-state index in [0.29, 0.717) is 111 Å². The number of fused-ring (bicyclic) bond motifs is 1. The van der Waals surface area contributed by atoms with E-state index in [1.807, 2.05) is 89.2 Å². The zero-order chi connectivity index (χ0) is 93.6. The molecule has 0 spiro atoms. The number of rotatable bonds is 14. The van der Waals surface area contributed by atoms with E-state index in [4.69, 9.17) is 64.8 Å². The molecule has 16 N–H and O–H groups in total. The predicted molar refractivity (Wildman–Crippen MR) is 493 cm³/mol. The number of halogens is 7. The Balaban J connectivity index is 0.000000228. The van der Waals surface area contributed by atoms with E-state index in [9.17, 15) is 61.9 Å². The monoisotopic (exact) mass is 1870 g/mol. The van der Waals surface area contributed by atoms with Gasteiger partial charge in [-0.3, -0.25) is 54.5 Å². The molecular weight excluding hydrogens is 1760 g/mol. The lowest BCUT2D eigenvalue weighted by atomic mass is 9.70. The Hall–Kier alpha value is -10.6. The summed E-state index contributed by atoms with van der Waals surface area (Å²) in [6.07, 6.45) is 21.4. The largest absolute Gasteiger partial charge is 0.490 e. The Morgan fingerprint density at radius 2 is 0.937 bits per heavy atom. The van der Waals surface area contributed by atoms with Crippen LogP contribution in [0.2, 0.25) is 0 Å². The smallest absolute Gasteiger partial charge is 0.400 e. The average Bonchev–Trinajstić information content (AvgIpc) is 1.66. The number of nitro benzene ring substituents is 3. The van der Waals surface area contributed by atoms with Crippen molar-refractivity contribution in [3.05, 3.63) is 255 Å². The molecule has 10 atom stereocenters. The van der Waals surface area contributed by atoms with Crippen molar-refractivity contribution < 1.29 is 69.9 Å². The topological polar surface area (TPSA) is 459 Å². The minimum atomic E-state index is -0.970. The molecule has 5 aliphatic carbocycles. The highest BCUT2D eigenvalue weighted by atomic mass is 79.9. The fourth-order valence-corrected chi connectivity index (χ4v) is 16.3. The van der Waals surface area contributed by atoms with Crippen molar-refractivity contribution in [3.63, 3.8) is 0 Å². The van der Waals surface area contributed by atoms with Gasteiger partial charge in [0.1, 0.15) is 33.9 Å². The molecule has 678 valence electrons. The Morgan fingerprint density at radius 1 is 0.508 bits per heavy atom. The van der Waals surface area contributed by atoms with E-state index in [1.54, 1.807) is 31.5 Å². The zero-order valence-electron chi connectivity index (χ0n) is 72.6. The van der Waals surface area contributed by atoms with Gasteiger partial charge in [-0.15, -0.1) is 0 Å². The highest BCUT2D eigenvalue weighted by Crippen LogP contribution is 2.46. The number of allylic oxidation sites excluding steroid dienone is 6. The van der Waals surface area contributed by atoms with Gasteiger partial charge in [0.05, 0.1) is 42.9 Å². The number of alkyl halides is 1. The number of aromatic nitrogens is 2. The second-order valence-corrected chi connectivity index (χ2v) is 34.8. The highest BCUT2D eigenvalue weighted by molar-refractivity contribution is 9.10. The lowest BCUT2D eigenvalue weighted by Crippen LogP contribution is -2.41. The van der Waals surface area contributed by atoms with Gasteiger partial charge < -0.3 is 59.9 Å². The van der Waals surface area contributed by atoms with Crippen LogP contribution in [0.25, 0.3) is 22.2 Å². The molecule has 1 aromatic heterocycles. The molecule has 1 aliphatic heterocycles. The van der Waals surface area contributed by atoms with Crippen LogP contribution in [-0.4, -0.2) is 91.9 Å². The van der Waals surface area contributed by atoms with Gasteiger partial charge in [0.25, 0.3) is 0 Å². The number of hydrogen-bond donors (Lipinski definition) is 8. The van der Waals surface area contributed by atoms with Crippen LogP contribution < -0.4 is 45.9 Å². The van der Waals surface area contributed by atoms with Gasteiger partial charge in [-0.1, -0.05) is 129 Å². The maximum atomic E-state index is 13.8. The van der Waals surface area contributed by atoms with Crippen LogP contribution in [0.4, 0.5) is 67.5 Å². The first-order valence-electron chi connectivity index (χ1n) is 41.3. The van der Waals surface area contributed by atoms with E-state index in [2.05, 4.69) is 92.5 Å². The van der Waals surface area contributed by atoms with Crippen molar-refractivity contribution in [2.24, 2.45) is 52.7 Å². The molecule has 8 aromatic rings. The van der Waals surface area contributed by atoms with Crippen LogP contribution in [-0.2, 0) is 46.2 Å². The van der Waals surface area contributed by atoms with Crippen LogP contribution in [0, 0.1) is 94.9 Å². The number of nitrogens with zero attached hydrogens (tertiary/aromatic N) is 5. The maximum Gasteiger partial charge on any atom is 0.490 e. The first kappa shape index (κ1) is 104. The molecule has 3 fully saturated rings. The molecule has 7 aromatic carbocycles. The molecule has 6 aliphatic rings. The lowest BCUT2D eigenvalue weighted by Gasteiger charge is -2.32. The molecule has 34 heteroatoms. The average molecular weight is 1880 g/mol. The number of benzene rings is 7. The number of ether oxygens (including phenoxy) is 1. The number of nitrogens with two attached hydrogens (primary N) is 8. The zero-order valence-corrected chi connectivity index (χ0v) is 75.7. The molecular formula is C92H115BBr2F5N13O13. The van der Waals surface area contributed by atoms with Crippen LogP contribution >= 0.6 is 31.9 Å². The number of hydrogen-bond acceptors (Lipinski definition) is 23. The molecule has 2 saturated carbocycles. The number of nitrogen functional groups attached to an aromatic ring is 5. The summed E-state index contributed by atoms with van der Waals surface area (Å²) in [4.78, 5) is 78.9. The van der Waals surface area contributed by atoms with Crippen molar-refractivity contribution in [2.75, 3.05) is 41.3 Å². The summed E-state index contributed by atoms with van der Waals surface area (Å²) in [6, 6.07) is 34.6. The molecule has 0 radical (unpaired) electrons. The van der Waals surface area contributed by atoms with E-state index >= 15 is 0 Å². The number of carbonyl (C=O) groups excluding carboxylic acids is 4. The first-order chi connectivity index (χ1) is 59.5. The van der Waals surface area contributed by atoms with Gasteiger partial charge in [0.15, 0.2) is 30.0 Å². The fraction of sp³-hybridized carbons (Fsp3) is 0.413. The number of carbonyl (C=O) groups is 4. The maximum absolute atomic E-state index is 13.8. The Kier molecular flexibility index (Phi) is 40.9. The minimum Gasteiger partial charge on any atom is -0.400 e. The van der Waals surface area contributed by atoms with Crippen LogP contribution in [0.3, 0.4) is 0 Å². The Morgan fingerprint density at radius 3 is 1.39 bits per heavy atom. The van der Waals surface area contributed by atoms with Gasteiger partial charge in [-0.05, 0) is 268 Å². The second kappa shape index (κ2) is 49.5. The van der Waals surface area contributed by atoms with E-state index in [-0.39, 0.29) is 89.0 Å². The van der Waals surface area contributed by atoms with Crippen molar-refractivity contribution in [1.29, 1.82) is 0 Å². The molecule has 0 amide bonds. The van der Waals surface area contributed by atoms with Gasteiger partial charge in [-0.2, -0.15) is 13.2 Å². The fourth-order valence-electron chi connectivity index (χ4n) is 16.0. The van der Waals surface area contributed by atoms with E-state index in [0.717, 1.165) is 111 Å². The van der Waals surface area contributed by atoms with Gasteiger partial charge in [0.2, 0.25) is 17.5 Å². The second-order valence-electron chi connectivity index (χ2n) is 33.5. The summed E-state index contributed by atoms with van der Waals surface area (Å²) in [6.45, 7) is 19.4. The molecule has 14 rings (SSSR count). The molecule has 126 heavy (non-hydrogen) atoms. The number of aldehydes is 2. The number of aryl methyl sites for hydroxylation is 1. The van der Waals surface area contributed by atoms with Crippen molar-refractivity contribution in [1.82, 2.24) is 9.97 Å². The number of methoxy groups -OCH3 is 1. The van der Waals surface area contributed by atoms with Gasteiger partial charge >= 0.3 is 24.2 Å². The number of ketones is 2. The molecule has 1 saturated heterocycles. The highest BCUT2D eigenvalue weighted by Gasteiger charge is 2.53. The molecule has 2 heterocycles. The summed E-state index contributed by atoms with van der Waals surface area (Å²) >= 11 is 5.98. The predicted octanol–water partition coefficient (Wildman–Crippen LogP) is 19.4. The summed E-state index contributed by atoms with van der Waals surface area (Å²) < 4.78 is 83.6. The summed E-state index contributed by atoms with van der Waals surface area (Å²) in [5, 5.41) is 32.2. The third-order valence-electron chi connectivity index (χ3n) is 22.5.